The first-order chi connectivity index (χ1) is 11.7. The second-order valence-electron chi connectivity index (χ2n) is 6.08. The summed E-state index contributed by atoms with van der Waals surface area (Å²) in [7, 11) is 0. The van der Waals surface area contributed by atoms with Gasteiger partial charge >= 0.3 is 0 Å². The number of nitrogens with one attached hydrogen (secondary N) is 1. The Labute approximate surface area is 153 Å². The molecule has 0 saturated heterocycles. The lowest BCUT2D eigenvalue weighted by Crippen LogP contribution is -2.21. The van der Waals surface area contributed by atoms with Crippen molar-refractivity contribution < 1.29 is 0 Å². The van der Waals surface area contributed by atoms with E-state index in [4.69, 9.17) is 12.2 Å². The third-order valence-corrected chi connectivity index (χ3v) is 5.66. The molecular formula is C21H23NS2. The van der Waals surface area contributed by atoms with Crippen molar-refractivity contribution >= 4 is 38.6 Å². The zero-order chi connectivity index (χ0) is 16.9. The van der Waals surface area contributed by atoms with Crippen LogP contribution < -0.4 is 5.32 Å². The Morgan fingerprint density at radius 1 is 1.08 bits per heavy atom. The summed E-state index contributed by atoms with van der Waals surface area (Å²) in [6.45, 7) is 5.07. The van der Waals surface area contributed by atoms with Gasteiger partial charge in [0, 0.05) is 22.5 Å². The largest absolute Gasteiger partial charge is 0.380 e. The van der Waals surface area contributed by atoms with Crippen molar-refractivity contribution in [2.24, 2.45) is 0 Å². The predicted molar refractivity (Wildman–Crippen MR) is 110 cm³/mol. The molecule has 24 heavy (non-hydrogen) atoms. The molecule has 0 aliphatic carbocycles. The van der Waals surface area contributed by atoms with Gasteiger partial charge in [-0.15, -0.1) is 11.3 Å². The summed E-state index contributed by atoms with van der Waals surface area (Å²) < 4.78 is 1.40. The summed E-state index contributed by atoms with van der Waals surface area (Å²) >= 11 is 7.09. The highest BCUT2D eigenvalue weighted by atomic mass is 32.1. The monoisotopic (exact) mass is 353 g/mol. The molecule has 2 aromatic carbocycles. The standard InChI is InChI=1S/C21H23NS2/c1-3-16-9-10-20-19(13-16)18(11-12-22-15(2)23)21(24-20)14-17-7-5-4-6-8-17/h4-10,13H,3,11-12,14H2,1-2H3,(H,22,23). The van der Waals surface area contributed by atoms with E-state index >= 15 is 0 Å². The fourth-order valence-electron chi connectivity index (χ4n) is 3.03. The molecular weight excluding hydrogens is 330 g/mol. The maximum atomic E-state index is 5.16. The normalized spacial score (nSPS) is 10.9. The first-order valence-electron chi connectivity index (χ1n) is 8.49. The van der Waals surface area contributed by atoms with Crippen LogP contribution in [0.4, 0.5) is 0 Å². The molecule has 0 bridgehead atoms. The van der Waals surface area contributed by atoms with E-state index in [9.17, 15) is 0 Å². The Morgan fingerprint density at radius 2 is 1.88 bits per heavy atom. The maximum Gasteiger partial charge on any atom is 0.0722 e. The Balaban J connectivity index is 1.97. The van der Waals surface area contributed by atoms with E-state index < -0.39 is 0 Å². The van der Waals surface area contributed by atoms with Crippen LogP contribution in [-0.4, -0.2) is 11.5 Å². The molecule has 3 aromatic rings. The van der Waals surface area contributed by atoms with Crippen LogP contribution in [0.25, 0.3) is 10.1 Å². The average Bonchev–Trinajstić information content (AvgIpc) is 2.92. The van der Waals surface area contributed by atoms with Gasteiger partial charge in [0.2, 0.25) is 0 Å². The van der Waals surface area contributed by atoms with Crippen LogP contribution in [0.5, 0.6) is 0 Å². The van der Waals surface area contributed by atoms with Crippen molar-refractivity contribution in [2.75, 3.05) is 6.54 Å². The van der Waals surface area contributed by atoms with Crippen LogP contribution in [0.15, 0.2) is 48.5 Å². The van der Waals surface area contributed by atoms with Crippen LogP contribution in [-0.2, 0) is 19.3 Å². The quantitative estimate of drug-likeness (QED) is 0.584. The summed E-state index contributed by atoms with van der Waals surface area (Å²) in [5, 5.41) is 4.73. The molecule has 0 aliphatic heterocycles. The Morgan fingerprint density at radius 3 is 2.58 bits per heavy atom. The zero-order valence-corrected chi connectivity index (χ0v) is 15.9. The fourth-order valence-corrected chi connectivity index (χ4v) is 4.40. The molecule has 0 fully saturated rings. The number of hydrogen-bond acceptors (Lipinski definition) is 2. The molecule has 1 heterocycles. The van der Waals surface area contributed by atoms with Crippen LogP contribution in [0.2, 0.25) is 0 Å². The maximum absolute atomic E-state index is 5.16. The molecule has 1 aromatic heterocycles. The number of aryl methyl sites for hydroxylation is 1. The third-order valence-electron chi connectivity index (χ3n) is 4.30. The van der Waals surface area contributed by atoms with Gasteiger partial charge in [-0.25, -0.2) is 0 Å². The van der Waals surface area contributed by atoms with Gasteiger partial charge in [-0.1, -0.05) is 61.6 Å². The minimum absolute atomic E-state index is 0.869. The highest BCUT2D eigenvalue weighted by Crippen LogP contribution is 2.34. The van der Waals surface area contributed by atoms with Crippen LogP contribution in [0.1, 0.15) is 35.4 Å². The molecule has 1 N–H and O–H groups in total. The number of hydrogen-bond donors (Lipinski definition) is 1. The van der Waals surface area contributed by atoms with Crippen molar-refractivity contribution in [2.45, 2.75) is 33.1 Å². The lowest BCUT2D eigenvalue weighted by Gasteiger charge is -2.07. The minimum atomic E-state index is 0.869. The molecule has 0 atom stereocenters. The third kappa shape index (κ3) is 4.03. The van der Waals surface area contributed by atoms with E-state index in [1.54, 1.807) is 0 Å². The van der Waals surface area contributed by atoms with E-state index in [-0.39, 0.29) is 0 Å². The smallest absolute Gasteiger partial charge is 0.0722 e. The molecule has 0 saturated carbocycles. The summed E-state index contributed by atoms with van der Waals surface area (Å²) in [4.78, 5) is 2.35. The van der Waals surface area contributed by atoms with Crippen molar-refractivity contribution in [1.82, 2.24) is 5.32 Å². The number of thiocarbonyl (C=S) groups is 1. The molecule has 0 amide bonds. The minimum Gasteiger partial charge on any atom is -0.380 e. The molecule has 1 nitrogen and oxygen atoms in total. The van der Waals surface area contributed by atoms with Crippen LogP contribution >= 0.6 is 23.6 Å². The molecule has 3 rings (SSSR count). The van der Waals surface area contributed by atoms with Crippen LogP contribution in [0.3, 0.4) is 0 Å². The fraction of sp³-hybridized carbons (Fsp3) is 0.286. The van der Waals surface area contributed by atoms with Gasteiger partial charge < -0.3 is 5.32 Å². The van der Waals surface area contributed by atoms with Crippen molar-refractivity contribution in [1.29, 1.82) is 0 Å². The Hall–Kier alpha value is -1.71. The summed E-state index contributed by atoms with van der Waals surface area (Å²) in [5.41, 5.74) is 4.27. The highest BCUT2D eigenvalue weighted by molar-refractivity contribution is 7.80. The molecule has 0 radical (unpaired) electrons. The highest BCUT2D eigenvalue weighted by Gasteiger charge is 2.13. The van der Waals surface area contributed by atoms with Crippen molar-refractivity contribution in [3.63, 3.8) is 0 Å². The van der Waals surface area contributed by atoms with Gasteiger partial charge in [-0.3, -0.25) is 0 Å². The van der Waals surface area contributed by atoms with Gasteiger partial charge in [0.15, 0.2) is 0 Å². The van der Waals surface area contributed by atoms with E-state index in [0.29, 0.717) is 0 Å². The second-order valence-corrected chi connectivity index (χ2v) is 7.83. The summed E-state index contributed by atoms with van der Waals surface area (Å²) in [5.74, 6) is 0. The van der Waals surface area contributed by atoms with Gasteiger partial charge in [0.05, 0.1) is 4.99 Å². The zero-order valence-electron chi connectivity index (χ0n) is 14.3. The van der Waals surface area contributed by atoms with E-state index in [1.807, 2.05) is 18.3 Å². The van der Waals surface area contributed by atoms with Gasteiger partial charge in [-0.2, -0.15) is 0 Å². The number of thiophene rings is 1. The predicted octanol–water partition coefficient (Wildman–Crippen LogP) is 5.53. The van der Waals surface area contributed by atoms with E-state index in [2.05, 4.69) is 60.8 Å². The lowest BCUT2D eigenvalue weighted by atomic mass is 10.0. The number of fused-ring (bicyclic) bond motifs is 1. The molecule has 124 valence electrons. The first kappa shape index (κ1) is 17.1. The first-order valence-corrected chi connectivity index (χ1v) is 9.71. The van der Waals surface area contributed by atoms with Gasteiger partial charge in [0.25, 0.3) is 0 Å². The topological polar surface area (TPSA) is 12.0 Å². The summed E-state index contributed by atoms with van der Waals surface area (Å²) in [6, 6.07) is 17.7. The Bertz CT molecular complexity index is 834. The van der Waals surface area contributed by atoms with Gasteiger partial charge in [-0.05, 0) is 47.9 Å². The SMILES string of the molecule is CCc1ccc2sc(Cc3ccccc3)c(CCNC(C)=S)c2c1. The molecule has 0 aliphatic rings. The number of rotatable bonds is 6. The lowest BCUT2D eigenvalue weighted by molar-refractivity contribution is 0.872. The Kier molecular flexibility index (Phi) is 5.64. The second kappa shape index (κ2) is 7.91. The van der Waals surface area contributed by atoms with Crippen molar-refractivity contribution in [3.8, 4) is 0 Å². The van der Waals surface area contributed by atoms with Crippen LogP contribution in [0, 0.1) is 0 Å². The summed E-state index contributed by atoms with van der Waals surface area (Å²) in [6.07, 6.45) is 3.10. The molecule has 0 spiro atoms. The average molecular weight is 354 g/mol. The van der Waals surface area contributed by atoms with Gasteiger partial charge in [0.1, 0.15) is 0 Å². The number of benzene rings is 2. The van der Waals surface area contributed by atoms with E-state index in [1.165, 1.54) is 31.7 Å². The molecule has 0 unspecified atom stereocenters. The molecule has 3 heteroatoms. The van der Waals surface area contributed by atoms with E-state index in [0.717, 1.165) is 30.8 Å². The van der Waals surface area contributed by atoms with Crippen molar-refractivity contribution in [3.05, 3.63) is 70.1 Å².